The van der Waals surface area contributed by atoms with E-state index in [9.17, 15) is 28.2 Å². The van der Waals surface area contributed by atoms with Crippen molar-refractivity contribution in [2.75, 3.05) is 51.9 Å². The quantitative estimate of drug-likeness (QED) is 0.200. The molecule has 3 aromatic carbocycles. The van der Waals surface area contributed by atoms with Gasteiger partial charge in [0.15, 0.2) is 11.5 Å². The molecule has 3 N–H and O–H groups in total. The molecule has 0 atom stereocenters. The molecule has 1 aromatic heterocycles. The maximum atomic E-state index is 12.8. The van der Waals surface area contributed by atoms with E-state index in [1.807, 2.05) is 18.2 Å². The summed E-state index contributed by atoms with van der Waals surface area (Å²) in [6, 6.07) is 15.2. The summed E-state index contributed by atoms with van der Waals surface area (Å²) in [4.78, 5) is 23.6. The summed E-state index contributed by atoms with van der Waals surface area (Å²) in [5, 5.41) is 22.5. The van der Waals surface area contributed by atoms with Crippen molar-refractivity contribution in [1.82, 2.24) is 14.9 Å². The summed E-state index contributed by atoms with van der Waals surface area (Å²) in [6.07, 6.45) is -2.28. The van der Waals surface area contributed by atoms with Crippen molar-refractivity contribution in [3.05, 3.63) is 78.1 Å². The molecule has 44 heavy (non-hydrogen) atoms. The molecule has 1 aliphatic rings. The second kappa shape index (κ2) is 13.2. The molecule has 0 radical (unpaired) electrons. The first-order valence-electron chi connectivity index (χ1n) is 14.1. The number of amides is 1. The Bertz CT molecular complexity index is 1590. The van der Waals surface area contributed by atoms with E-state index in [4.69, 9.17) is 9.47 Å². The number of carbonyl (C=O) groups is 1. The van der Waals surface area contributed by atoms with E-state index in [-0.39, 0.29) is 25.5 Å². The van der Waals surface area contributed by atoms with Crippen molar-refractivity contribution in [2.45, 2.75) is 19.0 Å². The van der Waals surface area contributed by atoms with E-state index in [0.29, 0.717) is 53.7 Å². The predicted octanol–water partition coefficient (Wildman–Crippen LogP) is 4.56. The molecule has 1 aliphatic heterocycles. The molecule has 0 bridgehead atoms. The van der Waals surface area contributed by atoms with Gasteiger partial charge in [0.2, 0.25) is 5.91 Å². The van der Waals surface area contributed by atoms with Crippen LogP contribution < -0.4 is 14.8 Å². The molecule has 5 rings (SSSR count). The number of carbonyl (C=O) groups excluding carboxylic acids is 1. The number of anilines is 1. The van der Waals surface area contributed by atoms with Crippen LogP contribution in [0.2, 0.25) is 0 Å². The number of benzene rings is 3. The summed E-state index contributed by atoms with van der Waals surface area (Å²) in [7, 11) is 1.56. The van der Waals surface area contributed by atoms with Crippen molar-refractivity contribution < 1.29 is 37.7 Å². The lowest BCUT2D eigenvalue weighted by Crippen LogP contribution is -2.60. The van der Waals surface area contributed by atoms with Crippen molar-refractivity contribution >= 4 is 22.5 Å². The Kier molecular flexibility index (Phi) is 9.33. The number of aliphatic hydroxyl groups is 2. The van der Waals surface area contributed by atoms with E-state index < -0.39 is 17.2 Å². The van der Waals surface area contributed by atoms with E-state index in [0.717, 1.165) is 36.0 Å². The molecule has 0 unspecified atom stereocenters. The Hall–Kier alpha value is -4.26. The third-order valence-corrected chi connectivity index (χ3v) is 7.67. The number of nitrogens with zero attached hydrogens (tertiary/aromatic N) is 3. The lowest BCUT2D eigenvalue weighted by Gasteiger charge is -2.48. The minimum atomic E-state index is -4.43. The zero-order valence-electron chi connectivity index (χ0n) is 24.1. The van der Waals surface area contributed by atoms with Crippen LogP contribution in [-0.2, 0) is 17.4 Å². The molecular weight excluding hydrogens is 577 g/mol. The van der Waals surface area contributed by atoms with Crippen molar-refractivity contribution in [3.8, 4) is 22.8 Å². The van der Waals surface area contributed by atoms with Gasteiger partial charge >= 0.3 is 6.18 Å². The van der Waals surface area contributed by atoms with Crippen LogP contribution in [0.3, 0.4) is 0 Å². The third-order valence-electron chi connectivity index (χ3n) is 7.67. The second-order valence-electron chi connectivity index (χ2n) is 11.0. The topological polar surface area (TPSA) is 117 Å². The van der Waals surface area contributed by atoms with Crippen molar-refractivity contribution in [1.29, 1.82) is 0 Å². The lowest BCUT2D eigenvalue weighted by molar-refractivity contribution is -0.137. The van der Waals surface area contributed by atoms with Gasteiger partial charge in [-0.05, 0) is 42.3 Å². The monoisotopic (exact) mass is 610 g/mol. The summed E-state index contributed by atoms with van der Waals surface area (Å²) >= 11 is 0. The maximum absolute atomic E-state index is 12.8. The zero-order valence-corrected chi connectivity index (χ0v) is 24.1. The molecule has 0 aliphatic carbocycles. The number of alkyl halides is 3. The van der Waals surface area contributed by atoms with Crippen LogP contribution in [0, 0.1) is 5.41 Å². The Morgan fingerprint density at radius 3 is 2.34 bits per heavy atom. The van der Waals surface area contributed by atoms with Gasteiger partial charge in [-0.1, -0.05) is 24.3 Å². The average molecular weight is 611 g/mol. The first-order chi connectivity index (χ1) is 21.1. The number of ether oxygens (including phenoxy) is 2. The fraction of sp³-hybridized carbons (Fsp3) is 0.344. The van der Waals surface area contributed by atoms with Gasteiger partial charge in [-0.25, -0.2) is 9.97 Å². The standard InChI is InChI=1S/C32H33F3N4O5/c1-43-27-15-26-25(14-28(27)44-12-2-11-39-16-31(17-39,18-40)19-41)30(37-20-36-26)22-5-9-24(10-6-22)38-29(42)13-21-3-7-23(8-4-21)32(33,34)35/h3-10,14-15,20,40-41H,2,11-13,16-19H2,1H3,(H,38,42). The van der Waals surface area contributed by atoms with Gasteiger partial charge in [0.1, 0.15) is 6.33 Å². The SMILES string of the molecule is COc1cc2ncnc(-c3ccc(NC(=O)Cc4ccc(C(F)(F)F)cc4)cc3)c2cc1OCCCN1CC(CO)(CO)C1. The van der Waals surface area contributed by atoms with E-state index in [2.05, 4.69) is 20.2 Å². The van der Waals surface area contributed by atoms with Crippen LogP contribution in [0.5, 0.6) is 11.5 Å². The van der Waals surface area contributed by atoms with Crippen LogP contribution in [0.4, 0.5) is 18.9 Å². The second-order valence-corrected chi connectivity index (χ2v) is 11.0. The van der Waals surface area contributed by atoms with Gasteiger partial charge in [0.25, 0.3) is 0 Å². The Balaban J connectivity index is 1.23. The predicted molar refractivity (Wildman–Crippen MR) is 158 cm³/mol. The van der Waals surface area contributed by atoms with Crippen molar-refractivity contribution in [2.24, 2.45) is 5.41 Å². The zero-order chi connectivity index (χ0) is 31.3. The van der Waals surface area contributed by atoms with Gasteiger partial charge in [-0.15, -0.1) is 0 Å². The summed E-state index contributed by atoms with van der Waals surface area (Å²) < 4.78 is 50.0. The number of fused-ring (bicyclic) bond motifs is 1. The summed E-state index contributed by atoms with van der Waals surface area (Å²) in [5.74, 6) is 0.734. The van der Waals surface area contributed by atoms with E-state index >= 15 is 0 Å². The maximum Gasteiger partial charge on any atom is 0.416 e. The van der Waals surface area contributed by atoms with Crippen LogP contribution >= 0.6 is 0 Å². The number of aromatic nitrogens is 2. The van der Waals surface area contributed by atoms with Crippen LogP contribution in [0.25, 0.3) is 22.2 Å². The molecule has 0 saturated carbocycles. The molecule has 2 heterocycles. The summed E-state index contributed by atoms with van der Waals surface area (Å²) in [5.41, 5.74) is 1.95. The minimum absolute atomic E-state index is 0.0293. The van der Waals surface area contributed by atoms with Crippen LogP contribution in [0.15, 0.2) is 67.0 Å². The highest BCUT2D eigenvalue weighted by Crippen LogP contribution is 2.36. The molecule has 12 heteroatoms. The van der Waals surface area contributed by atoms with Gasteiger partial charge in [0, 0.05) is 47.8 Å². The van der Waals surface area contributed by atoms with Crippen molar-refractivity contribution in [3.63, 3.8) is 0 Å². The molecule has 9 nitrogen and oxygen atoms in total. The fourth-order valence-corrected chi connectivity index (χ4v) is 5.26. The molecule has 4 aromatic rings. The number of hydrogen-bond donors (Lipinski definition) is 3. The highest BCUT2D eigenvalue weighted by Gasteiger charge is 2.41. The number of likely N-dealkylation sites (tertiary alicyclic amines) is 1. The van der Waals surface area contributed by atoms with Gasteiger partial charge < -0.3 is 29.9 Å². The first-order valence-corrected chi connectivity index (χ1v) is 14.1. The lowest BCUT2D eigenvalue weighted by atomic mass is 9.81. The Labute approximate surface area is 252 Å². The number of halogens is 3. The highest BCUT2D eigenvalue weighted by molar-refractivity contribution is 5.95. The van der Waals surface area contributed by atoms with Crippen LogP contribution in [-0.4, -0.2) is 77.6 Å². The first kappa shape index (κ1) is 31.2. The van der Waals surface area contributed by atoms with Gasteiger partial charge in [0.05, 0.1) is 50.1 Å². The average Bonchev–Trinajstić information content (AvgIpc) is 3.00. The number of nitrogens with one attached hydrogen (secondary N) is 1. The van der Waals surface area contributed by atoms with Gasteiger partial charge in [-0.2, -0.15) is 13.2 Å². The van der Waals surface area contributed by atoms with E-state index in [1.165, 1.54) is 18.5 Å². The molecule has 0 spiro atoms. The molecule has 1 fully saturated rings. The number of methoxy groups -OCH3 is 1. The normalized spacial score (nSPS) is 14.7. The van der Waals surface area contributed by atoms with Crippen LogP contribution in [0.1, 0.15) is 17.5 Å². The molecule has 1 saturated heterocycles. The number of rotatable bonds is 12. The summed E-state index contributed by atoms with van der Waals surface area (Å²) in [6.45, 7) is 2.47. The number of hydrogen-bond acceptors (Lipinski definition) is 8. The highest BCUT2D eigenvalue weighted by atomic mass is 19.4. The van der Waals surface area contributed by atoms with E-state index in [1.54, 1.807) is 25.3 Å². The molecule has 1 amide bonds. The number of aliphatic hydroxyl groups excluding tert-OH is 2. The minimum Gasteiger partial charge on any atom is -0.493 e. The smallest absolute Gasteiger partial charge is 0.416 e. The van der Waals surface area contributed by atoms with Gasteiger partial charge in [-0.3, -0.25) is 4.79 Å². The largest absolute Gasteiger partial charge is 0.493 e. The Morgan fingerprint density at radius 2 is 1.70 bits per heavy atom. The third kappa shape index (κ3) is 7.09. The molecule has 232 valence electrons. The fourth-order valence-electron chi connectivity index (χ4n) is 5.26. The molecular formula is C32H33F3N4O5. The Morgan fingerprint density at radius 1 is 1.00 bits per heavy atom.